The SMILES string of the molecule is O=C(Cc1ccc(-c2ccc(OCCN3CCN(O)CC3)cc2F)cn1)NCc1ccccc1OCc1ccccc1. The predicted octanol–water partition coefficient (Wildman–Crippen LogP) is 4.71. The van der Waals surface area contributed by atoms with Crippen LogP contribution in [0.1, 0.15) is 16.8 Å². The highest BCUT2D eigenvalue weighted by atomic mass is 19.1. The van der Waals surface area contributed by atoms with Gasteiger partial charge in [-0.2, -0.15) is 5.06 Å². The molecule has 1 aliphatic heterocycles. The summed E-state index contributed by atoms with van der Waals surface area (Å²) in [5.74, 6) is 0.620. The number of para-hydroxylation sites is 1. The van der Waals surface area contributed by atoms with E-state index in [1.807, 2.05) is 54.6 Å². The Labute approximate surface area is 245 Å². The largest absolute Gasteiger partial charge is 0.492 e. The first-order valence-corrected chi connectivity index (χ1v) is 14.1. The van der Waals surface area contributed by atoms with Gasteiger partial charge in [0.05, 0.1) is 6.42 Å². The van der Waals surface area contributed by atoms with Crippen LogP contribution >= 0.6 is 0 Å². The fourth-order valence-corrected chi connectivity index (χ4v) is 4.71. The number of hydrogen-bond donors (Lipinski definition) is 2. The molecule has 1 amide bonds. The molecule has 2 heterocycles. The van der Waals surface area contributed by atoms with E-state index in [9.17, 15) is 14.4 Å². The van der Waals surface area contributed by atoms with E-state index in [0.717, 1.165) is 30.0 Å². The van der Waals surface area contributed by atoms with Crippen LogP contribution in [0.15, 0.2) is 91.1 Å². The summed E-state index contributed by atoms with van der Waals surface area (Å²) < 4.78 is 26.6. The molecular formula is C33H35FN4O4. The van der Waals surface area contributed by atoms with Gasteiger partial charge in [0.1, 0.15) is 30.5 Å². The van der Waals surface area contributed by atoms with Gasteiger partial charge in [-0.3, -0.25) is 14.7 Å². The maximum Gasteiger partial charge on any atom is 0.226 e. The zero-order valence-corrected chi connectivity index (χ0v) is 23.4. The molecule has 0 saturated carbocycles. The zero-order chi connectivity index (χ0) is 29.1. The number of nitrogens with zero attached hydrogens (tertiary/aromatic N) is 3. The number of hydrogen-bond acceptors (Lipinski definition) is 7. The first-order valence-electron chi connectivity index (χ1n) is 14.1. The molecule has 8 nitrogen and oxygen atoms in total. The van der Waals surface area contributed by atoms with Crippen molar-refractivity contribution >= 4 is 5.91 Å². The fraction of sp³-hybridized carbons (Fsp3) is 0.273. The van der Waals surface area contributed by atoms with Crippen molar-refractivity contribution in [3.8, 4) is 22.6 Å². The van der Waals surface area contributed by atoms with Crippen molar-refractivity contribution in [2.45, 2.75) is 19.6 Å². The second kappa shape index (κ2) is 14.5. The summed E-state index contributed by atoms with van der Waals surface area (Å²) in [6.07, 6.45) is 1.69. The van der Waals surface area contributed by atoms with Crippen molar-refractivity contribution < 1.29 is 23.9 Å². The lowest BCUT2D eigenvalue weighted by Crippen LogP contribution is -2.45. The lowest BCUT2D eigenvalue weighted by Gasteiger charge is -2.30. The van der Waals surface area contributed by atoms with Crippen molar-refractivity contribution in [2.24, 2.45) is 0 Å². The van der Waals surface area contributed by atoms with E-state index < -0.39 is 5.82 Å². The number of carbonyl (C=O) groups excluding carboxylic acids is 1. The van der Waals surface area contributed by atoms with E-state index in [1.54, 1.807) is 30.5 Å². The van der Waals surface area contributed by atoms with Gasteiger partial charge in [-0.1, -0.05) is 54.6 Å². The van der Waals surface area contributed by atoms with Crippen molar-refractivity contribution in [1.29, 1.82) is 0 Å². The topological polar surface area (TPSA) is 87.2 Å². The molecule has 42 heavy (non-hydrogen) atoms. The average Bonchev–Trinajstić information content (AvgIpc) is 3.01. The van der Waals surface area contributed by atoms with Crippen molar-refractivity contribution in [1.82, 2.24) is 20.3 Å². The van der Waals surface area contributed by atoms with Crippen LogP contribution in [0.3, 0.4) is 0 Å². The summed E-state index contributed by atoms with van der Waals surface area (Å²) in [6, 6.07) is 25.9. The molecule has 0 unspecified atom stereocenters. The summed E-state index contributed by atoms with van der Waals surface area (Å²) >= 11 is 0. The second-order valence-electron chi connectivity index (χ2n) is 10.2. The number of nitrogens with one attached hydrogen (secondary N) is 1. The van der Waals surface area contributed by atoms with Crippen LogP contribution in [0, 0.1) is 5.82 Å². The molecule has 0 spiro atoms. The predicted molar refractivity (Wildman–Crippen MR) is 158 cm³/mol. The Morgan fingerprint density at radius 3 is 2.48 bits per heavy atom. The molecule has 0 aliphatic carbocycles. The summed E-state index contributed by atoms with van der Waals surface area (Å²) in [5, 5.41) is 13.7. The zero-order valence-electron chi connectivity index (χ0n) is 23.4. The molecule has 3 aromatic carbocycles. The fourth-order valence-electron chi connectivity index (χ4n) is 4.71. The van der Waals surface area contributed by atoms with Crippen LogP contribution < -0.4 is 14.8 Å². The number of amides is 1. The Kier molecular flexibility index (Phi) is 10.1. The van der Waals surface area contributed by atoms with Gasteiger partial charge >= 0.3 is 0 Å². The first kappa shape index (κ1) is 29.2. The molecule has 0 bridgehead atoms. The van der Waals surface area contributed by atoms with Crippen molar-refractivity contribution in [3.63, 3.8) is 0 Å². The van der Waals surface area contributed by atoms with Crippen LogP contribution in [-0.4, -0.2) is 65.4 Å². The third-order valence-corrected chi connectivity index (χ3v) is 7.13. The highest BCUT2D eigenvalue weighted by Gasteiger charge is 2.15. The minimum atomic E-state index is -0.401. The Hall–Kier alpha value is -4.31. The summed E-state index contributed by atoms with van der Waals surface area (Å²) in [4.78, 5) is 19.2. The lowest BCUT2D eigenvalue weighted by atomic mass is 10.1. The Morgan fingerprint density at radius 2 is 1.71 bits per heavy atom. The molecule has 1 saturated heterocycles. The van der Waals surface area contributed by atoms with Gasteiger partial charge in [0.15, 0.2) is 0 Å². The molecule has 2 N–H and O–H groups in total. The van der Waals surface area contributed by atoms with Gasteiger partial charge in [0.2, 0.25) is 5.91 Å². The summed E-state index contributed by atoms with van der Waals surface area (Å²) in [5.41, 5.74) is 3.58. The lowest BCUT2D eigenvalue weighted by molar-refractivity contribution is -0.120. The number of ether oxygens (including phenoxy) is 2. The van der Waals surface area contributed by atoms with Crippen molar-refractivity contribution in [3.05, 3.63) is 114 Å². The quantitative estimate of drug-likeness (QED) is 0.255. The average molecular weight is 571 g/mol. The van der Waals surface area contributed by atoms with Crippen molar-refractivity contribution in [2.75, 3.05) is 39.3 Å². The molecule has 4 aromatic rings. The molecule has 1 aromatic heterocycles. The number of pyridine rings is 1. The smallest absolute Gasteiger partial charge is 0.226 e. The van der Waals surface area contributed by atoms with Crippen LogP contribution in [0.2, 0.25) is 0 Å². The normalized spacial score (nSPS) is 14.0. The molecule has 1 aliphatic rings. The van der Waals surface area contributed by atoms with Gasteiger partial charge in [-0.05, 0) is 29.8 Å². The van der Waals surface area contributed by atoms with Crippen LogP contribution in [-0.2, 0) is 24.4 Å². The highest BCUT2D eigenvalue weighted by Crippen LogP contribution is 2.26. The molecule has 0 atom stereocenters. The number of rotatable bonds is 12. The van der Waals surface area contributed by atoms with E-state index in [1.165, 1.54) is 11.1 Å². The van der Waals surface area contributed by atoms with E-state index in [-0.39, 0.29) is 12.3 Å². The standard InChI is InChI=1S/C33H35FN4O4/c34-31-21-29(41-19-18-37-14-16-38(40)17-15-37)12-13-30(31)26-10-11-28(35-22-26)20-33(39)36-23-27-8-4-5-9-32(27)42-24-25-6-2-1-3-7-25/h1-13,21-22,40H,14-20,23-24H2,(H,36,39). The maximum atomic E-state index is 14.9. The Morgan fingerprint density at radius 1 is 0.929 bits per heavy atom. The van der Waals surface area contributed by atoms with E-state index in [2.05, 4.69) is 15.2 Å². The van der Waals surface area contributed by atoms with E-state index >= 15 is 0 Å². The van der Waals surface area contributed by atoms with E-state index in [4.69, 9.17) is 9.47 Å². The maximum absolute atomic E-state index is 14.9. The van der Waals surface area contributed by atoms with Crippen LogP contribution in [0.5, 0.6) is 11.5 Å². The third kappa shape index (κ3) is 8.36. The minimum absolute atomic E-state index is 0.107. The first-order chi connectivity index (χ1) is 20.5. The van der Waals surface area contributed by atoms with Gasteiger partial charge in [-0.15, -0.1) is 0 Å². The number of aromatic nitrogens is 1. The number of hydroxylamine groups is 2. The molecule has 5 rings (SSSR count). The number of halogens is 1. The minimum Gasteiger partial charge on any atom is -0.492 e. The second-order valence-corrected chi connectivity index (χ2v) is 10.2. The summed E-state index contributed by atoms with van der Waals surface area (Å²) in [6.45, 7) is 4.70. The number of benzene rings is 3. The van der Waals surface area contributed by atoms with Gasteiger partial charge in [-0.25, -0.2) is 4.39 Å². The highest BCUT2D eigenvalue weighted by molar-refractivity contribution is 5.78. The Bertz CT molecular complexity index is 1440. The van der Waals surface area contributed by atoms with Gasteiger partial charge in [0.25, 0.3) is 0 Å². The number of carbonyl (C=O) groups is 1. The van der Waals surface area contributed by atoms with E-state index in [0.29, 0.717) is 62.0 Å². The Balaban J connectivity index is 1.09. The monoisotopic (exact) mass is 570 g/mol. The van der Waals surface area contributed by atoms with Gasteiger partial charge in [0, 0.05) is 73.9 Å². The van der Waals surface area contributed by atoms with Gasteiger partial charge < -0.3 is 20.0 Å². The summed E-state index contributed by atoms with van der Waals surface area (Å²) in [7, 11) is 0. The van der Waals surface area contributed by atoms with Crippen LogP contribution in [0.25, 0.3) is 11.1 Å². The molecule has 218 valence electrons. The molecule has 0 radical (unpaired) electrons. The third-order valence-electron chi connectivity index (χ3n) is 7.13. The molecule has 9 heteroatoms. The molecule has 1 fully saturated rings. The number of piperazine rings is 1. The van der Waals surface area contributed by atoms with Crippen LogP contribution in [0.4, 0.5) is 4.39 Å². The molecular weight excluding hydrogens is 535 g/mol.